The van der Waals surface area contributed by atoms with Gasteiger partial charge in [-0.25, -0.2) is 0 Å². The van der Waals surface area contributed by atoms with Crippen molar-refractivity contribution in [3.8, 4) is 0 Å². The highest BCUT2D eigenvalue weighted by Crippen LogP contribution is 2.26. The van der Waals surface area contributed by atoms with Crippen molar-refractivity contribution in [1.82, 2.24) is 14.7 Å². The van der Waals surface area contributed by atoms with Crippen LogP contribution in [0.1, 0.15) is 58.3 Å². The molecule has 3 heteroatoms. The fourth-order valence-electron chi connectivity index (χ4n) is 4.78. The van der Waals surface area contributed by atoms with E-state index in [1.165, 1.54) is 104 Å². The molecule has 0 bridgehead atoms. The first-order chi connectivity index (χ1) is 10.8. The molecule has 3 aliphatic rings. The van der Waals surface area contributed by atoms with E-state index < -0.39 is 0 Å². The van der Waals surface area contributed by atoms with Crippen molar-refractivity contribution in [3.63, 3.8) is 0 Å². The van der Waals surface area contributed by atoms with Crippen molar-refractivity contribution < 1.29 is 0 Å². The maximum absolute atomic E-state index is 2.78. The first-order valence-electron chi connectivity index (χ1n) is 10.0. The Labute approximate surface area is 138 Å². The SMILES string of the molecule is CCN1CCN([C@H]2CCN(CCC3CCCCCC3)C2)CC1. The Morgan fingerprint density at radius 3 is 2.18 bits per heavy atom. The van der Waals surface area contributed by atoms with Crippen LogP contribution in [-0.2, 0) is 0 Å². The Morgan fingerprint density at radius 1 is 0.773 bits per heavy atom. The van der Waals surface area contributed by atoms with Gasteiger partial charge in [0.05, 0.1) is 0 Å². The van der Waals surface area contributed by atoms with E-state index in [0.717, 1.165) is 12.0 Å². The van der Waals surface area contributed by atoms with Crippen molar-refractivity contribution in [2.75, 3.05) is 52.4 Å². The lowest BCUT2D eigenvalue weighted by Crippen LogP contribution is -2.50. The highest BCUT2D eigenvalue weighted by atomic mass is 15.3. The number of hydrogen-bond donors (Lipinski definition) is 0. The van der Waals surface area contributed by atoms with E-state index in [9.17, 15) is 0 Å². The normalized spacial score (nSPS) is 30.7. The zero-order valence-corrected chi connectivity index (χ0v) is 14.8. The Hall–Kier alpha value is -0.120. The first kappa shape index (κ1) is 16.7. The second-order valence-electron chi connectivity index (χ2n) is 7.86. The summed E-state index contributed by atoms with van der Waals surface area (Å²) in [5.74, 6) is 1.04. The molecule has 1 saturated carbocycles. The van der Waals surface area contributed by atoms with Crippen LogP contribution in [0.4, 0.5) is 0 Å². The van der Waals surface area contributed by atoms with Crippen molar-refractivity contribution in [1.29, 1.82) is 0 Å². The smallest absolute Gasteiger partial charge is 0.0236 e. The van der Waals surface area contributed by atoms with E-state index in [1.807, 2.05) is 0 Å². The third-order valence-electron chi connectivity index (χ3n) is 6.45. The zero-order chi connectivity index (χ0) is 15.2. The second-order valence-corrected chi connectivity index (χ2v) is 7.86. The van der Waals surface area contributed by atoms with E-state index in [0.29, 0.717) is 0 Å². The lowest BCUT2D eigenvalue weighted by Gasteiger charge is -2.37. The number of piperazine rings is 1. The predicted octanol–water partition coefficient (Wildman–Crippen LogP) is 3.06. The van der Waals surface area contributed by atoms with Crippen LogP contribution >= 0.6 is 0 Å². The molecular formula is C19H37N3. The summed E-state index contributed by atoms with van der Waals surface area (Å²) in [4.78, 5) is 8.13. The molecule has 128 valence electrons. The topological polar surface area (TPSA) is 9.72 Å². The molecule has 1 atom stereocenters. The average molecular weight is 308 g/mol. The third kappa shape index (κ3) is 4.69. The molecule has 0 N–H and O–H groups in total. The van der Waals surface area contributed by atoms with Gasteiger partial charge in [-0.2, -0.15) is 0 Å². The molecule has 22 heavy (non-hydrogen) atoms. The molecule has 2 heterocycles. The fraction of sp³-hybridized carbons (Fsp3) is 1.00. The molecule has 0 unspecified atom stereocenters. The summed E-state index contributed by atoms with van der Waals surface area (Å²) in [7, 11) is 0. The molecule has 3 rings (SSSR count). The van der Waals surface area contributed by atoms with Crippen LogP contribution in [0.2, 0.25) is 0 Å². The second kappa shape index (κ2) is 8.65. The van der Waals surface area contributed by atoms with Gasteiger partial charge in [-0.05, 0) is 38.4 Å². The number of hydrogen-bond acceptors (Lipinski definition) is 3. The van der Waals surface area contributed by atoms with Crippen LogP contribution in [0, 0.1) is 5.92 Å². The standard InChI is InChI=1S/C19H37N3/c1-2-20-13-15-22(16-14-20)19-10-12-21(17-19)11-9-18-7-5-3-4-6-8-18/h18-19H,2-17H2,1H3/t19-/m0/s1. The lowest BCUT2D eigenvalue weighted by molar-refractivity contribution is 0.101. The minimum atomic E-state index is 0.855. The number of likely N-dealkylation sites (tertiary alicyclic amines) is 1. The van der Waals surface area contributed by atoms with E-state index in [4.69, 9.17) is 0 Å². The zero-order valence-electron chi connectivity index (χ0n) is 14.8. The van der Waals surface area contributed by atoms with Gasteiger partial charge in [0, 0.05) is 38.8 Å². The average Bonchev–Trinajstić information content (AvgIpc) is 2.88. The summed E-state index contributed by atoms with van der Waals surface area (Å²) in [5.41, 5.74) is 0. The highest BCUT2D eigenvalue weighted by molar-refractivity contribution is 4.86. The molecule has 0 aromatic heterocycles. The van der Waals surface area contributed by atoms with Gasteiger partial charge in [0.1, 0.15) is 0 Å². The molecule has 1 aliphatic carbocycles. The minimum Gasteiger partial charge on any atom is -0.302 e. The predicted molar refractivity (Wildman–Crippen MR) is 94.3 cm³/mol. The van der Waals surface area contributed by atoms with Gasteiger partial charge in [0.25, 0.3) is 0 Å². The summed E-state index contributed by atoms with van der Waals surface area (Å²) in [6.45, 7) is 12.8. The molecule has 0 spiro atoms. The van der Waals surface area contributed by atoms with Gasteiger partial charge in [-0.3, -0.25) is 4.90 Å². The Kier molecular flexibility index (Phi) is 6.58. The summed E-state index contributed by atoms with van der Waals surface area (Å²) in [6, 6.07) is 0.855. The summed E-state index contributed by atoms with van der Waals surface area (Å²) in [6.07, 6.45) is 11.9. The lowest BCUT2D eigenvalue weighted by atomic mass is 9.96. The van der Waals surface area contributed by atoms with Gasteiger partial charge < -0.3 is 9.80 Å². The summed E-state index contributed by atoms with van der Waals surface area (Å²) in [5, 5.41) is 0. The van der Waals surface area contributed by atoms with Gasteiger partial charge in [-0.1, -0.05) is 45.4 Å². The molecule has 0 amide bonds. The van der Waals surface area contributed by atoms with Crippen LogP contribution in [0.5, 0.6) is 0 Å². The van der Waals surface area contributed by atoms with E-state index in [2.05, 4.69) is 21.6 Å². The maximum Gasteiger partial charge on any atom is 0.0236 e. The molecule has 0 aromatic carbocycles. The van der Waals surface area contributed by atoms with Crippen LogP contribution in [0.25, 0.3) is 0 Å². The number of nitrogens with zero attached hydrogens (tertiary/aromatic N) is 3. The number of likely N-dealkylation sites (N-methyl/N-ethyl adjacent to an activating group) is 1. The molecule has 3 fully saturated rings. The van der Waals surface area contributed by atoms with E-state index >= 15 is 0 Å². The van der Waals surface area contributed by atoms with Gasteiger partial charge in [0.2, 0.25) is 0 Å². The van der Waals surface area contributed by atoms with E-state index in [-0.39, 0.29) is 0 Å². The monoisotopic (exact) mass is 307 g/mol. The van der Waals surface area contributed by atoms with Gasteiger partial charge >= 0.3 is 0 Å². The third-order valence-corrected chi connectivity index (χ3v) is 6.45. The molecule has 2 saturated heterocycles. The summed E-state index contributed by atoms with van der Waals surface area (Å²) < 4.78 is 0. The molecule has 0 radical (unpaired) electrons. The van der Waals surface area contributed by atoms with Crippen molar-refractivity contribution >= 4 is 0 Å². The van der Waals surface area contributed by atoms with Crippen LogP contribution in [0.15, 0.2) is 0 Å². The Balaban J connectivity index is 1.35. The van der Waals surface area contributed by atoms with E-state index in [1.54, 1.807) is 0 Å². The summed E-state index contributed by atoms with van der Waals surface area (Å²) >= 11 is 0. The fourth-order valence-corrected chi connectivity index (χ4v) is 4.78. The number of rotatable bonds is 5. The Morgan fingerprint density at radius 2 is 1.50 bits per heavy atom. The highest BCUT2D eigenvalue weighted by Gasteiger charge is 2.29. The van der Waals surface area contributed by atoms with Crippen molar-refractivity contribution in [3.05, 3.63) is 0 Å². The van der Waals surface area contributed by atoms with Gasteiger partial charge in [0.15, 0.2) is 0 Å². The molecule has 3 nitrogen and oxygen atoms in total. The maximum atomic E-state index is 2.78. The van der Waals surface area contributed by atoms with Crippen molar-refractivity contribution in [2.45, 2.75) is 64.3 Å². The molecular weight excluding hydrogens is 270 g/mol. The first-order valence-corrected chi connectivity index (χ1v) is 10.0. The van der Waals surface area contributed by atoms with Crippen LogP contribution in [0.3, 0.4) is 0 Å². The molecule has 0 aromatic rings. The molecule has 2 aliphatic heterocycles. The van der Waals surface area contributed by atoms with Crippen molar-refractivity contribution in [2.24, 2.45) is 5.92 Å². The Bertz CT molecular complexity index is 304. The van der Waals surface area contributed by atoms with Gasteiger partial charge in [-0.15, -0.1) is 0 Å². The minimum absolute atomic E-state index is 0.855. The van der Waals surface area contributed by atoms with Crippen LogP contribution < -0.4 is 0 Å². The quantitative estimate of drug-likeness (QED) is 0.723. The largest absolute Gasteiger partial charge is 0.302 e. The van der Waals surface area contributed by atoms with Crippen LogP contribution in [-0.4, -0.2) is 73.1 Å².